The Morgan fingerprint density at radius 3 is 2.54 bits per heavy atom. The maximum Gasteiger partial charge on any atom is 0.293 e. The topological polar surface area (TPSA) is 46.6 Å². The molecule has 0 saturated carbocycles. The number of hydrogen-bond acceptors (Lipinski definition) is 4. The minimum atomic E-state index is -0.269. The molecule has 0 radical (unpaired) electrons. The number of carbonyl (C=O) groups excluding carboxylic acids is 2. The molecule has 0 aromatic heterocycles. The Morgan fingerprint density at radius 1 is 1.12 bits per heavy atom. The lowest BCUT2D eigenvalue weighted by atomic mass is 10.1. The summed E-state index contributed by atoms with van der Waals surface area (Å²) in [5.74, 6) is 0.399. The zero-order chi connectivity index (χ0) is 17.1. The highest BCUT2D eigenvalue weighted by molar-refractivity contribution is 14.1. The van der Waals surface area contributed by atoms with Crippen LogP contribution < -0.4 is 4.74 Å². The second-order valence-corrected chi connectivity index (χ2v) is 7.38. The van der Waals surface area contributed by atoms with Crippen molar-refractivity contribution < 1.29 is 14.3 Å². The number of thioether (sulfide) groups is 1. The van der Waals surface area contributed by atoms with E-state index in [9.17, 15) is 9.59 Å². The number of amides is 2. The standard InChI is InChI=1S/C18H14INO3S/c1-23-15-5-3-2-4-13(15)10-16-17(21)20(18(22)24-16)11-12-6-8-14(19)9-7-12/h2-10H,11H2,1H3/b16-10-. The lowest BCUT2D eigenvalue weighted by molar-refractivity contribution is -0.123. The van der Waals surface area contributed by atoms with Gasteiger partial charge in [0.15, 0.2) is 0 Å². The van der Waals surface area contributed by atoms with Gasteiger partial charge in [-0.25, -0.2) is 0 Å². The zero-order valence-corrected chi connectivity index (χ0v) is 15.8. The normalized spacial score (nSPS) is 16.1. The molecule has 1 aliphatic rings. The molecule has 4 nitrogen and oxygen atoms in total. The molecule has 0 spiro atoms. The highest BCUT2D eigenvalue weighted by Crippen LogP contribution is 2.34. The molecular weight excluding hydrogens is 437 g/mol. The third-order valence-corrected chi connectivity index (χ3v) is 5.18. The minimum Gasteiger partial charge on any atom is -0.496 e. The molecule has 2 aromatic rings. The van der Waals surface area contributed by atoms with Gasteiger partial charge in [-0.2, -0.15) is 0 Å². The van der Waals surface area contributed by atoms with Gasteiger partial charge in [0.25, 0.3) is 11.1 Å². The van der Waals surface area contributed by atoms with Crippen LogP contribution in [0.15, 0.2) is 53.4 Å². The number of hydrogen-bond donors (Lipinski definition) is 0. The minimum absolute atomic E-state index is 0.250. The van der Waals surface area contributed by atoms with Gasteiger partial charge in [0.2, 0.25) is 0 Å². The first kappa shape index (κ1) is 17.0. The summed E-state index contributed by atoms with van der Waals surface area (Å²) in [6.07, 6.45) is 1.71. The predicted molar refractivity (Wildman–Crippen MR) is 104 cm³/mol. The summed E-state index contributed by atoms with van der Waals surface area (Å²) in [6, 6.07) is 15.2. The molecule has 122 valence electrons. The number of benzene rings is 2. The molecule has 6 heteroatoms. The Hall–Kier alpha value is -1.80. The summed E-state index contributed by atoms with van der Waals surface area (Å²) in [5, 5.41) is -0.250. The van der Waals surface area contributed by atoms with E-state index >= 15 is 0 Å². The molecule has 1 aliphatic heterocycles. The van der Waals surface area contributed by atoms with E-state index in [0.29, 0.717) is 10.7 Å². The van der Waals surface area contributed by atoms with Crippen molar-refractivity contribution in [2.75, 3.05) is 7.11 Å². The highest BCUT2D eigenvalue weighted by atomic mass is 127. The SMILES string of the molecule is COc1ccccc1/C=C1\SC(=O)N(Cc2ccc(I)cc2)C1=O. The number of rotatable bonds is 4. The molecule has 0 aliphatic carbocycles. The van der Waals surface area contributed by atoms with Gasteiger partial charge < -0.3 is 4.74 Å². The first-order chi connectivity index (χ1) is 11.6. The van der Waals surface area contributed by atoms with Gasteiger partial charge in [-0.15, -0.1) is 0 Å². The van der Waals surface area contributed by atoms with Gasteiger partial charge in [0.05, 0.1) is 18.6 Å². The van der Waals surface area contributed by atoms with Gasteiger partial charge in [-0.1, -0.05) is 30.3 Å². The average molecular weight is 451 g/mol. The fourth-order valence-electron chi connectivity index (χ4n) is 2.34. The van der Waals surface area contributed by atoms with Crippen LogP contribution in [0.5, 0.6) is 5.75 Å². The third kappa shape index (κ3) is 3.64. The second-order valence-electron chi connectivity index (χ2n) is 5.14. The van der Waals surface area contributed by atoms with Crippen LogP contribution in [0, 0.1) is 3.57 Å². The number of halogens is 1. The third-order valence-electron chi connectivity index (χ3n) is 3.55. The first-order valence-electron chi connectivity index (χ1n) is 7.21. The van der Waals surface area contributed by atoms with E-state index in [1.165, 1.54) is 4.90 Å². The Bertz CT molecular complexity index is 817. The predicted octanol–water partition coefficient (Wildman–Crippen LogP) is 4.54. The van der Waals surface area contributed by atoms with Crippen LogP contribution in [-0.4, -0.2) is 23.2 Å². The van der Waals surface area contributed by atoms with Crippen molar-refractivity contribution in [2.24, 2.45) is 0 Å². The number of para-hydroxylation sites is 1. The van der Waals surface area contributed by atoms with Crippen molar-refractivity contribution in [1.82, 2.24) is 4.90 Å². The van der Waals surface area contributed by atoms with E-state index in [4.69, 9.17) is 4.74 Å². The molecule has 0 N–H and O–H groups in total. The smallest absolute Gasteiger partial charge is 0.293 e. The molecule has 0 atom stereocenters. The summed E-state index contributed by atoms with van der Waals surface area (Å²) in [6.45, 7) is 0.283. The molecule has 0 unspecified atom stereocenters. The van der Waals surface area contributed by atoms with Crippen molar-refractivity contribution in [3.63, 3.8) is 0 Å². The number of ether oxygens (including phenoxy) is 1. The molecule has 2 aromatic carbocycles. The van der Waals surface area contributed by atoms with Crippen LogP contribution in [-0.2, 0) is 11.3 Å². The van der Waals surface area contributed by atoms with E-state index in [2.05, 4.69) is 22.6 Å². The largest absolute Gasteiger partial charge is 0.496 e. The van der Waals surface area contributed by atoms with Gasteiger partial charge in [-0.05, 0) is 64.2 Å². The highest BCUT2D eigenvalue weighted by Gasteiger charge is 2.35. The molecule has 1 heterocycles. The number of carbonyl (C=O) groups is 2. The quantitative estimate of drug-likeness (QED) is 0.506. The van der Waals surface area contributed by atoms with Crippen LogP contribution in [0.2, 0.25) is 0 Å². The number of methoxy groups -OCH3 is 1. The lowest BCUT2D eigenvalue weighted by Gasteiger charge is -2.12. The van der Waals surface area contributed by atoms with E-state index in [-0.39, 0.29) is 17.7 Å². The fourth-order valence-corrected chi connectivity index (χ4v) is 3.52. The van der Waals surface area contributed by atoms with Crippen molar-refractivity contribution in [3.05, 3.63) is 68.1 Å². The van der Waals surface area contributed by atoms with Crippen LogP contribution in [0.4, 0.5) is 4.79 Å². The molecule has 0 bridgehead atoms. The molecule has 24 heavy (non-hydrogen) atoms. The maximum atomic E-state index is 12.6. The first-order valence-corrected chi connectivity index (χ1v) is 9.11. The molecule has 3 rings (SSSR count). The van der Waals surface area contributed by atoms with Gasteiger partial charge in [0, 0.05) is 9.13 Å². The summed E-state index contributed by atoms with van der Waals surface area (Å²) in [7, 11) is 1.58. The Labute approximate surface area is 158 Å². The van der Waals surface area contributed by atoms with E-state index in [1.54, 1.807) is 13.2 Å². The molecule has 1 fully saturated rings. The number of imide groups is 1. The van der Waals surface area contributed by atoms with Crippen molar-refractivity contribution >= 4 is 51.6 Å². The van der Waals surface area contributed by atoms with Gasteiger partial charge >= 0.3 is 0 Å². The Morgan fingerprint density at radius 2 is 1.83 bits per heavy atom. The maximum absolute atomic E-state index is 12.6. The number of nitrogens with zero attached hydrogens (tertiary/aromatic N) is 1. The summed E-state index contributed by atoms with van der Waals surface area (Å²) >= 11 is 3.18. The Kier molecular flexibility index (Phi) is 5.25. The van der Waals surface area contributed by atoms with Crippen molar-refractivity contribution in [3.8, 4) is 5.75 Å². The van der Waals surface area contributed by atoms with Crippen LogP contribution in [0.3, 0.4) is 0 Å². The van der Waals surface area contributed by atoms with E-state index in [0.717, 1.165) is 26.5 Å². The monoisotopic (exact) mass is 451 g/mol. The zero-order valence-electron chi connectivity index (χ0n) is 12.9. The van der Waals surface area contributed by atoms with Crippen LogP contribution in [0.1, 0.15) is 11.1 Å². The van der Waals surface area contributed by atoms with Crippen LogP contribution >= 0.6 is 34.4 Å². The summed E-state index contributed by atoms with van der Waals surface area (Å²) in [4.78, 5) is 26.5. The fraction of sp³-hybridized carbons (Fsp3) is 0.111. The lowest BCUT2D eigenvalue weighted by Crippen LogP contribution is -2.27. The van der Waals surface area contributed by atoms with Gasteiger partial charge in [-0.3, -0.25) is 14.5 Å². The second kappa shape index (κ2) is 7.40. The summed E-state index contributed by atoms with van der Waals surface area (Å²) in [5.41, 5.74) is 1.70. The van der Waals surface area contributed by atoms with E-state index in [1.807, 2.05) is 48.5 Å². The average Bonchev–Trinajstić information content (AvgIpc) is 2.85. The Balaban J connectivity index is 1.83. The van der Waals surface area contributed by atoms with Crippen molar-refractivity contribution in [2.45, 2.75) is 6.54 Å². The van der Waals surface area contributed by atoms with Gasteiger partial charge in [0.1, 0.15) is 5.75 Å². The molecular formula is C18H14INO3S. The summed E-state index contributed by atoms with van der Waals surface area (Å²) < 4.78 is 6.40. The van der Waals surface area contributed by atoms with Crippen LogP contribution in [0.25, 0.3) is 6.08 Å². The molecule has 1 saturated heterocycles. The van der Waals surface area contributed by atoms with Crippen molar-refractivity contribution in [1.29, 1.82) is 0 Å². The van der Waals surface area contributed by atoms with E-state index < -0.39 is 0 Å². The molecule has 2 amide bonds.